The van der Waals surface area contributed by atoms with Crippen LogP contribution in [0.1, 0.15) is 24.3 Å². The number of anilines is 1. The van der Waals surface area contributed by atoms with Crippen molar-refractivity contribution in [1.29, 1.82) is 0 Å². The van der Waals surface area contributed by atoms with Crippen LogP contribution in [0, 0.1) is 5.82 Å². The van der Waals surface area contributed by atoms with E-state index in [1.165, 1.54) is 28.0 Å². The van der Waals surface area contributed by atoms with Crippen LogP contribution in [-0.4, -0.2) is 10.5 Å². The highest BCUT2D eigenvalue weighted by molar-refractivity contribution is 9.10. The molecule has 3 heterocycles. The molecule has 0 bridgehead atoms. The molecule has 6 rings (SSSR count). The van der Waals surface area contributed by atoms with E-state index in [-0.39, 0.29) is 11.5 Å². The SMILES string of the molecule is CC1=C(C(=O)Nc2ccccc2)[C@H](c2ccc(F)cc2)n2c(s/c(=C\c3ccc(-c4cccc(Br)c4)o3)c2=O)=N1. The van der Waals surface area contributed by atoms with Crippen molar-refractivity contribution in [3.05, 3.63) is 144 Å². The lowest BCUT2D eigenvalue weighted by atomic mass is 9.95. The van der Waals surface area contributed by atoms with Crippen LogP contribution in [0.4, 0.5) is 10.1 Å². The average Bonchev–Trinajstić information content (AvgIpc) is 3.53. The minimum Gasteiger partial charge on any atom is -0.457 e. The number of benzene rings is 3. The summed E-state index contributed by atoms with van der Waals surface area (Å²) in [5.74, 6) is 0.378. The fraction of sp³-hybridized carbons (Fsp3) is 0.0645. The number of carbonyl (C=O) groups excluding carboxylic acids is 1. The van der Waals surface area contributed by atoms with Gasteiger partial charge in [0.15, 0.2) is 4.80 Å². The second kappa shape index (κ2) is 10.7. The Morgan fingerprint density at radius 3 is 2.58 bits per heavy atom. The fourth-order valence-corrected chi connectivity index (χ4v) is 6.07. The molecule has 1 amide bonds. The summed E-state index contributed by atoms with van der Waals surface area (Å²) < 4.78 is 22.7. The first-order chi connectivity index (χ1) is 19.4. The summed E-state index contributed by atoms with van der Waals surface area (Å²) in [6.45, 7) is 1.74. The van der Waals surface area contributed by atoms with Gasteiger partial charge in [-0.3, -0.25) is 14.2 Å². The van der Waals surface area contributed by atoms with E-state index in [9.17, 15) is 14.0 Å². The zero-order chi connectivity index (χ0) is 27.8. The van der Waals surface area contributed by atoms with Crippen LogP contribution in [0.2, 0.25) is 0 Å². The van der Waals surface area contributed by atoms with Crippen LogP contribution in [0.15, 0.2) is 121 Å². The fourth-order valence-electron chi connectivity index (χ4n) is 4.65. The summed E-state index contributed by atoms with van der Waals surface area (Å²) >= 11 is 4.68. The number of fused-ring (bicyclic) bond motifs is 1. The van der Waals surface area contributed by atoms with E-state index in [1.807, 2.05) is 48.5 Å². The third-order valence-electron chi connectivity index (χ3n) is 6.49. The highest BCUT2D eigenvalue weighted by Gasteiger charge is 2.32. The number of para-hydroxylation sites is 1. The van der Waals surface area contributed by atoms with Gasteiger partial charge < -0.3 is 9.73 Å². The van der Waals surface area contributed by atoms with Crippen LogP contribution in [0.5, 0.6) is 0 Å². The maximum absolute atomic E-state index is 13.8. The van der Waals surface area contributed by atoms with Gasteiger partial charge in [0.25, 0.3) is 11.5 Å². The van der Waals surface area contributed by atoms with Crippen molar-refractivity contribution < 1.29 is 13.6 Å². The van der Waals surface area contributed by atoms with E-state index in [4.69, 9.17) is 4.42 Å². The third-order valence-corrected chi connectivity index (χ3v) is 7.97. The first-order valence-corrected chi connectivity index (χ1v) is 14.0. The molecule has 0 saturated carbocycles. The Hall–Kier alpha value is -4.34. The first kappa shape index (κ1) is 25.9. The van der Waals surface area contributed by atoms with Crippen molar-refractivity contribution in [1.82, 2.24) is 4.57 Å². The molecule has 0 saturated heterocycles. The van der Waals surface area contributed by atoms with E-state index in [0.29, 0.717) is 43.4 Å². The Morgan fingerprint density at radius 2 is 1.82 bits per heavy atom. The Labute approximate surface area is 240 Å². The van der Waals surface area contributed by atoms with Crippen LogP contribution in [-0.2, 0) is 4.79 Å². The molecule has 9 heteroatoms. The van der Waals surface area contributed by atoms with Gasteiger partial charge in [0.05, 0.1) is 21.8 Å². The van der Waals surface area contributed by atoms with E-state index in [2.05, 4.69) is 26.2 Å². The summed E-state index contributed by atoms with van der Waals surface area (Å²) in [6, 6.07) is 25.5. The summed E-state index contributed by atoms with van der Waals surface area (Å²) in [5.41, 5.74) is 2.57. The van der Waals surface area contributed by atoms with Gasteiger partial charge in [-0.05, 0) is 61.0 Å². The number of rotatable bonds is 5. The van der Waals surface area contributed by atoms with Gasteiger partial charge in [-0.25, -0.2) is 9.38 Å². The molecule has 2 aromatic heterocycles. The molecule has 1 N–H and O–H groups in total. The molecular weight excluding hydrogens is 593 g/mol. The number of hydrogen-bond donors (Lipinski definition) is 1. The molecule has 198 valence electrons. The molecule has 0 unspecified atom stereocenters. The average molecular weight is 614 g/mol. The van der Waals surface area contributed by atoms with Crippen molar-refractivity contribution in [2.24, 2.45) is 4.99 Å². The number of amides is 1. The second-order valence-corrected chi connectivity index (χ2v) is 11.1. The zero-order valence-corrected chi connectivity index (χ0v) is 23.5. The van der Waals surface area contributed by atoms with Gasteiger partial charge in [0.1, 0.15) is 17.3 Å². The molecule has 3 aromatic carbocycles. The van der Waals surface area contributed by atoms with Gasteiger partial charge in [0.2, 0.25) is 0 Å². The summed E-state index contributed by atoms with van der Waals surface area (Å²) in [5, 5.41) is 2.90. The molecular formula is C31H21BrFN3O3S. The van der Waals surface area contributed by atoms with E-state index in [1.54, 1.807) is 43.3 Å². The lowest BCUT2D eigenvalue weighted by Crippen LogP contribution is -2.40. The van der Waals surface area contributed by atoms with Crippen LogP contribution >= 0.6 is 27.3 Å². The quantitative estimate of drug-likeness (QED) is 0.263. The van der Waals surface area contributed by atoms with Crippen molar-refractivity contribution in [2.75, 3.05) is 5.32 Å². The second-order valence-electron chi connectivity index (χ2n) is 9.17. The highest BCUT2D eigenvalue weighted by atomic mass is 79.9. The van der Waals surface area contributed by atoms with Crippen molar-refractivity contribution in [2.45, 2.75) is 13.0 Å². The number of nitrogens with one attached hydrogen (secondary N) is 1. The lowest BCUT2D eigenvalue weighted by Gasteiger charge is -2.25. The van der Waals surface area contributed by atoms with Crippen molar-refractivity contribution >= 4 is 44.9 Å². The number of carbonyl (C=O) groups is 1. The Bertz CT molecular complexity index is 1960. The summed E-state index contributed by atoms with van der Waals surface area (Å²) in [4.78, 5) is 32.5. The Morgan fingerprint density at radius 1 is 1.05 bits per heavy atom. The molecule has 1 atom stereocenters. The van der Waals surface area contributed by atoms with Gasteiger partial charge >= 0.3 is 0 Å². The van der Waals surface area contributed by atoms with E-state index >= 15 is 0 Å². The summed E-state index contributed by atoms with van der Waals surface area (Å²) in [6.07, 6.45) is 1.68. The third kappa shape index (κ3) is 5.01. The Kier molecular flexibility index (Phi) is 6.91. The maximum Gasteiger partial charge on any atom is 0.271 e. The number of nitrogens with zero attached hydrogens (tertiary/aromatic N) is 2. The van der Waals surface area contributed by atoms with Gasteiger partial charge in [-0.1, -0.05) is 69.7 Å². The van der Waals surface area contributed by atoms with Gasteiger partial charge in [-0.2, -0.15) is 0 Å². The molecule has 40 heavy (non-hydrogen) atoms. The van der Waals surface area contributed by atoms with Crippen molar-refractivity contribution in [3.8, 4) is 11.3 Å². The molecule has 1 aliphatic heterocycles. The number of aromatic nitrogens is 1. The molecule has 6 nitrogen and oxygen atoms in total. The predicted octanol–water partition coefficient (Wildman–Crippen LogP) is 6.04. The standard InChI is InChI=1S/C31H21BrFN3O3S/c1-18-27(29(37)35-23-8-3-2-4-9-23)28(19-10-12-22(33)13-11-19)36-30(38)26(40-31(36)34-18)17-24-14-15-25(39-24)20-6-5-7-21(32)16-20/h2-17,28H,1H3,(H,35,37)/b26-17-/t28-/m0/s1. The van der Waals surface area contributed by atoms with Crippen LogP contribution < -0.4 is 20.2 Å². The molecule has 1 aliphatic rings. The highest BCUT2D eigenvalue weighted by Crippen LogP contribution is 2.31. The largest absolute Gasteiger partial charge is 0.457 e. The Balaban J connectivity index is 1.45. The molecule has 5 aromatic rings. The van der Waals surface area contributed by atoms with E-state index in [0.717, 1.165) is 10.0 Å². The lowest BCUT2D eigenvalue weighted by molar-refractivity contribution is -0.113. The molecule has 0 radical (unpaired) electrons. The number of hydrogen-bond acceptors (Lipinski definition) is 5. The number of allylic oxidation sites excluding steroid dienone is 1. The van der Waals surface area contributed by atoms with Crippen LogP contribution in [0.25, 0.3) is 17.4 Å². The van der Waals surface area contributed by atoms with Crippen molar-refractivity contribution in [3.63, 3.8) is 0 Å². The minimum atomic E-state index is -0.795. The normalized spacial score (nSPS) is 15.1. The number of halogens is 2. The minimum absolute atomic E-state index is 0.310. The molecule has 0 spiro atoms. The first-order valence-electron chi connectivity index (χ1n) is 12.4. The predicted molar refractivity (Wildman–Crippen MR) is 157 cm³/mol. The van der Waals surface area contributed by atoms with Gasteiger partial charge in [-0.15, -0.1) is 0 Å². The number of thiazole rings is 1. The molecule has 0 aliphatic carbocycles. The summed E-state index contributed by atoms with van der Waals surface area (Å²) in [7, 11) is 0. The van der Waals surface area contributed by atoms with Crippen LogP contribution in [0.3, 0.4) is 0 Å². The molecule has 0 fully saturated rings. The smallest absolute Gasteiger partial charge is 0.271 e. The van der Waals surface area contributed by atoms with Gasteiger partial charge in [0, 0.05) is 21.8 Å². The zero-order valence-electron chi connectivity index (χ0n) is 21.1. The maximum atomic E-state index is 13.8. The number of furan rings is 1. The van der Waals surface area contributed by atoms with E-state index < -0.39 is 11.9 Å². The monoisotopic (exact) mass is 613 g/mol. The topological polar surface area (TPSA) is 76.6 Å².